The first-order valence-corrected chi connectivity index (χ1v) is 9.59. The van der Waals surface area contributed by atoms with Gasteiger partial charge < -0.3 is 14.2 Å². The lowest BCUT2D eigenvalue weighted by Crippen LogP contribution is -2.35. The van der Waals surface area contributed by atoms with Crippen LogP contribution >= 0.6 is 0 Å². The monoisotopic (exact) mass is 377 g/mol. The highest BCUT2D eigenvalue weighted by Crippen LogP contribution is 2.33. The van der Waals surface area contributed by atoms with E-state index in [0.29, 0.717) is 12.2 Å². The molecule has 0 N–H and O–H groups in total. The van der Waals surface area contributed by atoms with Crippen LogP contribution in [0.4, 0.5) is 0 Å². The first-order chi connectivity index (χ1) is 13.8. The van der Waals surface area contributed by atoms with E-state index < -0.39 is 0 Å². The van der Waals surface area contributed by atoms with Crippen molar-refractivity contribution in [2.75, 3.05) is 13.7 Å². The molecule has 1 aliphatic rings. The van der Waals surface area contributed by atoms with Gasteiger partial charge in [0.2, 0.25) is 0 Å². The van der Waals surface area contributed by atoms with Crippen molar-refractivity contribution in [3.05, 3.63) is 66.2 Å². The van der Waals surface area contributed by atoms with E-state index in [0.717, 1.165) is 48.5 Å². The van der Waals surface area contributed by atoms with Gasteiger partial charge in [0.05, 0.1) is 13.2 Å². The molecule has 1 amide bonds. The summed E-state index contributed by atoms with van der Waals surface area (Å²) in [4.78, 5) is 19.2. The maximum absolute atomic E-state index is 13.1. The van der Waals surface area contributed by atoms with E-state index in [1.807, 2.05) is 47.4 Å². The van der Waals surface area contributed by atoms with Gasteiger partial charge in [-0.25, -0.2) is 0 Å². The predicted octanol–water partition coefficient (Wildman–Crippen LogP) is 4.50. The van der Waals surface area contributed by atoms with Gasteiger partial charge in [-0.05, 0) is 49.2 Å². The number of likely N-dealkylation sites (tertiary alicyclic amines) is 1. The third-order valence-corrected chi connectivity index (χ3v) is 5.14. The van der Waals surface area contributed by atoms with E-state index in [9.17, 15) is 4.79 Å². The van der Waals surface area contributed by atoms with Gasteiger partial charge in [0.15, 0.2) is 5.76 Å². The summed E-state index contributed by atoms with van der Waals surface area (Å²) in [5.74, 6) is 1.45. The van der Waals surface area contributed by atoms with Crippen molar-refractivity contribution in [1.82, 2.24) is 15.0 Å². The fourth-order valence-electron chi connectivity index (χ4n) is 3.63. The molecule has 0 spiro atoms. The number of rotatable bonds is 4. The molecule has 0 radical (unpaired) electrons. The Bertz CT molecular complexity index is 922. The zero-order chi connectivity index (χ0) is 19.3. The number of methoxy groups -OCH3 is 1. The van der Waals surface area contributed by atoms with Crippen molar-refractivity contribution < 1.29 is 14.1 Å². The van der Waals surface area contributed by atoms with E-state index in [4.69, 9.17) is 9.26 Å². The lowest BCUT2D eigenvalue weighted by atomic mass is 10.1. The molecular weight excluding hydrogens is 354 g/mol. The maximum Gasteiger partial charge on any atom is 0.273 e. The molecule has 1 fully saturated rings. The Morgan fingerprint density at radius 2 is 2.00 bits per heavy atom. The minimum atomic E-state index is -0.128. The molecule has 1 aromatic carbocycles. The number of ether oxygens (including phenoxy) is 1. The quantitative estimate of drug-likeness (QED) is 0.669. The molecular formula is C22H23N3O3. The van der Waals surface area contributed by atoms with Gasteiger partial charge in [0.25, 0.3) is 5.91 Å². The average Bonchev–Trinajstić information content (AvgIpc) is 3.12. The minimum Gasteiger partial charge on any atom is -0.497 e. The molecule has 1 saturated heterocycles. The molecule has 144 valence electrons. The highest BCUT2D eigenvalue weighted by Gasteiger charge is 2.31. The fraction of sp³-hybridized carbons (Fsp3) is 0.318. The summed E-state index contributed by atoms with van der Waals surface area (Å²) in [7, 11) is 1.64. The Hall–Kier alpha value is -3.15. The molecule has 28 heavy (non-hydrogen) atoms. The van der Waals surface area contributed by atoms with Crippen LogP contribution in [0.5, 0.6) is 5.75 Å². The lowest BCUT2D eigenvalue weighted by Gasteiger charge is -2.27. The summed E-state index contributed by atoms with van der Waals surface area (Å²) in [6.45, 7) is 0.693. The number of aromatic nitrogens is 2. The zero-order valence-electron chi connectivity index (χ0n) is 15.9. The second kappa shape index (κ2) is 8.25. The highest BCUT2D eigenvalue weighted by molar-refractivity contribution is 5.92. The van der Waals surface area contributed by atoms with Crippen LogP contribution in [-0.4, -0.2) is 34.6 Å². The van der Waals surface area contributed by atoms with E-state index >= 15 is 0 Å². The van der Waals surface area contributed by atoms with Crippen LogP contribution in [0.15, 0.2) is 59.3 Å². The smallest absolute Gasteiger partial charge is 0.273 e. The van der Waals surface area contributed by atoms with Crippen LogP contribution in [0.25, 0.3) is 11.3 Å². The van der Waals surface area contributed by atoms with Gasteiger partial charge in [-0.1, -0.05) is 24.1 Å². The van der Waals surface area contributed by atoms with Crippen LogP contribution in [0, 0.1) is 0 Å². The van der Waals surface area contributed by atoms with Gasteiger partial charge in [-0.2, -0.15) is 0 Å². The molecule has 4 rings (SSSR count). The van der Waals surface area contributed by atoms with Crippen LogP contribution in [0.1, 0.15) is 48.0 Å². The molecule has 6 nitrogen and oxygen atoms in total. The molecule has 0 bridgehead atoms. The van der Waals surface area contributed by atoms with Gasteiger partial charge >= 0.3 is 0 Å². The van der Waals surface area contributed by atoms with Crippen molar-refractivity contribution >= 4 is 5.91 Å². The van der Waals surface area contributed by atoms with Gasteiger partial charge in [0, 0.05) is 24.4 Å². The Morgan fingerprint density at radius 1 is 1.14 bits per heavy atom. The lowest BCUT2D eigenvalue weighted by molar-refractivity contribution is 0.0645. The van der Waals surface area contributed by atoms with E-state index in [2.05, 4.69) is 10.1 Å². The number of amides is 1. The molecule has 1 atom stereocenters. The SMILES string of the molecule is COc1ccc(-c2cc(C3CCCCCN3C(=O)c3ccccn3)on2)cc1. The zero-order valence-corrected chi connectivity index (χ0v) is 15.9. The summed E-state index contributed by atoms with van der Waals surface area (Å²) in [6.07, 6.45) is 5.64. The number of carbonyl (C=O) groups is 1. The summed E-state index contributed by atoms with van der Waals surface area (Å²) < 4.78 is 10.9. The molecule has 0 aliphatic carbocycles. The van der Waals surface area contributed by atoms with Crippen LogP contribution < -0.4 is 4.74 Å². The van der Waals surface area contributed by atoms with Crippen LogP contribution in [-0.2, 0) is 0 Å². The van der Waals surface area contributed by atoms with Crippen molar-refractivity contribution in [3.8, 4) is 17.0 Å². The second-order valence-electron chi connectivity index (χ2n) is 6.92. The van der Waals surface area contributed by atoms with E-state index in [-0.39, 0.29) is 11.9 Å². The number of carbonyl (C=O) groups excluding carboxylic acids is 1. The topological polar surface area (TPSA) is 68.5 Å². The summed E-state index contributed by atoms with van der Waals surface area (Å²) in [6, 6.07) is 14.9. The van der Waals surface area contributed by atoms with Gasteiger partial charge in [0.1, 0.15) is 17.1 Å². The number of benzene rings is 1. The normalized spacial score (nSPS) is 17.2. The number of hydrogen-bond donors (Lipinski definition) is 0. The average molecular weight is 377 g/mol. The number of nitrogens with zero attached hydrogens (tertiary/aromatic N) is 3. The molecule has 6 heteroatoms. The van der Waals surface area contributed by atoms with Crippen molar-refractivity contribution in [2.45, 2.75) is 31.7 Å². The first kappa shape index (κ1) is 18.2. The summed E-state index contributed by atoms with van der Waals surface area (Å²) >= 11 is 0. The summed E-state index contributed by atoms with van der Waals surface area (Å²) in [5, 5.41) is 4.24. The van der Waals surface area contributed by atoms with E-state index in [1.54, 1.807) is 19.4 Å². The van der Waals surface area contributed by atoms with Crippen molar-refractivity contribution in [1.29, 1.82) is 0 Å². The van der Waals surface area contributed by atoms with Gasteiger partial charge in [-0.3, -0.25) is 9.78 Å². The molecule has 1 aliphatic heterocycles. The second-order valence-corrected chi connectivity index (χ2v) is 6.92. The van der Waals surface area contributed by atoms with Crippen LogP contribution in [0.2, 0.25) is 0 Å². The van der Waals surface area contributed by atoms with Crippen LogP contribution in [0.3, 0.4) is 0 Å². The first-order valence-electron chi connectivity index (χ1n) is 9.59. The number of hydrogen-bond acceptors (Lipinski definition) is 5. The Morgan fingerprint density at radius 3 is 2.75 bits per heavy atom. The van der Waals surface area contributed by atoms with Gasteiger partial charge in [-0.15, -0.1) is 0 Å². The summed E-state index contributed by atoms with van der Waals surface area (Å²) in [5.41, 5.74) is 2.17. The third-order valence-electron chi connectivity index (χ3n) is 5.14. The van der Waals surface area contributed by atoms with Crippen molar-refractivity contribution in [3.63, 3.8) is 0 Å². The molecule has 1 unspecified atom stereocenters. The molecule has 3 aromatic rings. The Kier molecular flexibility index (Phi) is 5.37. The molecule has 2 aromatic heterocycles. The standard InChI is InChI=1S/C22H23N3O3/c1-27-17-11-9-16(10-12-17)19-15-21(28-24-19)20-8-3-2-6-14-25(20)22(26)18-7-4-5-13-23-18/h4-5,7,9-13,15,20H,2-3,6,8,14H2,1H3. The van der Waals surface area contributed by atoms with E-state index in [1.165, 1.54) is 0 Å². The third kappa shape index (κ3) is 3.76. The largest absolute Gasteiger partial charge is 0.497 e. The molecule has 0 saturated carbocycles. The molecule has 3 heterocycles. The Labute approximate surface area is 164 Å². The predicted molar refractivity (Wildman–Crippen MR) is 105 cm³/mol. The fourth-order valence-corrected chi connectivity index (χ4v) is 3.63. The highest BCUT2D eigenvalue weighted by atomic mass is 16.5. The minimum absolute atomic E-state index is 0.0603. The Balaban J connectivity index is 1.61. The maximum atomic E-state index is 13.1. The number of pyridine rings is 1. The van der Waals surface area contributed by atoms with Crippen molar-refractivity contribution in [2.24, 2.45) is 0 Å².